The van der Waals surface area contributed by atoms with Gasteiger partial charge in [0.2, 0.25) is 0 Å². The summed E-state index contributed by atoms with van der Waals surface area (Å²) in [6, 6.07) is 2.26. The maximum absolute atomic E-state index is 3.60. The van der Waals surface area contributed by atoms with Gasteiger partial charge in [-0.05, 0) is 39.3 Å². The van der Waals surface area contributed by atoms with Crippen molar-refractivity contribution in [2.75, 3.05) is 32.7 Å². The Morgan fingerprint density at radius 3 is 2.82 bits per heavy atom. The number of fused-ring (bicyclic) bond motifs is 1. The van der Waals surface area contributed by atoms with Crippen molar-refractivity contribution in [3.63, 3.8) is 0 Å². The molecule has 0 amide bonds. The van der Waals surface area contributed by atoms with Crippen molar-refractivity contribution in [3.05, 3.63) is 0 Å². The highest BCUT2D eigenvalue weighted by Gasteiger charge is 2.34. The molecule has 0 aromatic rings. The highest BCUT2D eigenvalue weighted by molar-refractivity contribution is 4.91. The van der Waals surface area contributed by atoms with E-state index in [-0.39, 0.29) is 0 Å². The van der Waals surface area contributed by atoms with Crippen LogP contribution in [0.4, 0.5) is 0 Å². The van der Waals surface area contributed by atoms with E-state index in [1.165, 1.54) is 45.4 Å². The zero-order valence-electron chi connectivity index (χ0n) is 11.8. The van der Waals surface area contributed by atoms with Crippen molar-refractivity contribution in [2.24, 2.45) is 0 Å². The Hall–Kier alpha value is -0.120. The minimum Gasteiger partial charge on any atom is -0.313 e. The summed E-state index contributed by atoms with van der Waals surface area (Å²) in [6.45, 7) is 13.1. The molecule has 17 heavy (non-hydrogen) atoms. The summed E-state index contributed by atoms with van der Waals surface area (Å²) in [5, 5.41) is 3.60. The van der Waals surface area contributed by atoms with E-state index in [9.17, 15) is 0 Å². The highest BCUT2D eigenvalue weighted by atomic mass is 15.3. The monoisotopic (exact) mass is 239 g/mol. The number of nitrogens with zero attached hydrogens (tertiary/aromatic N) is 2. The average Bonchev–Trinajstić information content (AvgIpc) is 2.75. The van der Waals surface area contributed by atoms with Gasteiger partial charge < -0.3 is 5.32 Å². The smallest absolute Gasteiger partial charge is 0.0224 e. The molecule has 2 aliphatic rings. The third-order valence-corrected chi connectivity index (χ3v) is 4.51. The summed E-state index contributed by atoms with van der Waals surface area (Å²) < 4.78 is 0. The van der Waals surface area contributed by atoms with Crippen molar-refractivity contribution in [1.82, 2.24) is 15.1 Å². The Morgan fingerprint density at radius 1 is 1.29 bits per heavy atom. The average molecular weight is 239 g/mol. The fourth-order valence-corrected chi connectivity index (χ4v) is 3.41. The first kappa shape index (κ1) is 13.3. The molecule has 0 saturated carbocycles. The van der Waals surface area contributed by atoms with Crippen LogP contribution in [0.1, 0.15) is 40.0 Å². The van der Waals surface area contributed by atoms with Gasteiger partial charge in [0, 0.05) is 37.8 Å². The van der Waals surface area contributed by atoms with Crippen LogP contribution in [-0.4, -0.2) is 60.6 Å². The minimum absolute atomic E-state index is 0.676. The van der Waals surface area contributed by atoms with Crippen LogP contribution in [0, 0.1) is 0 Å². The molecule has 0 bridgehead atoms. The van der Waals surface area contributed by atoms with Gasteiger partial charge in [-0.15, -0.1) is 0 Å². The fourth-order valence-electron chi connectivity index (χ4n) is 3.41. The standard InChI is InChI=1S/C14H29N3/c1-4-13(15-5-2)10-17-11-14-7-6-8-16(14)9-12(17)3/h12-15H,4-11H2,1-3H3. The first-order chi connectivity index (χ1) is 8.24. The summed E-state index contributed by atoms with van der Waals surface area (Å²) in [7, 11) is 0. The van der Waals surface area contributed by atoms with E-state index < -0.39 is 0 Å². The van der Waals surface area contributed by atoms with Gasteiger partial charge in [0.05, 0.1) is 0 Å². The zero-order chi connectivity index (χ0) is 12.3. The summed E-state index contributed by atoms with van der Waals surface area (Å²) in [5.41, 5.74) is 0. The molecule has 3 unspecified atom stereocenters. The lowest BCUT2D eigenvalue weighted by Gasteiger charge is -2.43. The van der Waals surface area contributed by atoms with Crippen LogP contribution in [0.5, 0.6) is 0 Å². The third kappa shape index (κ3) is 3.21. The summed E-state index contributed by atoms with van der Waals surface area (Å²) >= 11 is 0. The molecular weight excluding hydrogens is 210 g/mol. The molecule has 3 atom stereocenters. The first-order valence-corrected chi connectivity index (χ1v) is 7.46. The molecule has 0 aromatic carbocycles. The molecule has 0 aromatic heterocycles. The van der Waals surface area contributed by atoms with Crippen LogP contribution in [0.15, 0.2) is 0 Å². The van der Waals surface area contributed by atoms with Gasteiger partial charge in [0.1, 0.15) is 0 Å². The first-order valence-electron chi connectivity index (χ1n) is 7.46. The maximum atomic E-state index is 3.60. The second-order valence-electron chi connectivity index (χ2n) is 5.76. The molecule has 1 N–H and O–H groups in total. The topological polar surface area (TPSA) is 18.5 Å². The Bertz CT molecular complexity index is 232. The number of piperazine rings is 1. The maximum Gasteiger partial charge on any atom is 0.0224 e. The Balaban J connectivity index is 1.87. The molecular formula is C14H29N3. The van der Waals surface area contributed by atoms with E-state index in [4.69, 9.17) is 0 Å². The Kier molecular flexibility index (Phi) is 4.83. The van der Waals surface area contributed by atoms with E-state index in [0.29, 0.717) is 6.04 Å². The fraction of sp³-hybridized carbons (Fsp3) is 1.00. The van der Waals surface area contributed by atoms with Crippen LogP contribution in [0.3, 0.4) is 0 Å². The number of hydrogen-bond donors (Lipinski definition) is 1. The number of nitrogens with one attached hydrogen (secondary N) is 1. The van der Waals surface area contributed by atoms with Crippen LogP contribution in [0.25, 0.3) is 0 Å². The highest BCUT2D eigenvalue weighted by Crippen LogP contribution is 2.24. The van der Waals surface area contributed by atoms with Crippen LogP contribution < -0.4 is 5.32 Å². The van der Waals surface area contributed by atoms with E-state index >= 15 is 0 Å². The molecule has 2 aliphatic heterocycles. The largest absolute Gasteiger partial charge is 0.313 e. The number of hydrogen-bond acceptors (Lipinski definition) is 3. The molecule has 2 fully saturated rings. The second kappa shape index (κ2) is 6.17. The molecule has 0 spiro atoms. The van der Waals surface area contributed by atoms with E-state index in [2.05, 4.69) is 35.9 Å². The summed E-state index contributed by atoms with van der Waals surface area (Å²) in [6.07, 6.45) is 4.07. The van der Waals surface area contributed by atoms with Gasteiger partial charge in [-0.2, -0.15) is 0 Å². The molecule has 2 heterocycles. The molecule has 3 heteroatoms. The van der Waals surface area contributed by atoms with Gasteiger partial charge in [-0.25, -0.2) is 0 Å². The summed E-state index contributed by atoms with van der Waals surface area (Å²) in [4.78, 5) is 5.42. The van der Waals surface area contributed by atoms with E-state index in [1.807, 2.05) is 0 Å². The van der Waals surface area contributed by atoms with E-state index in [0.717, 1.165) is 18.6 Å². The lowest BCUT2D eigenvalue weighted by molar-refractivity contribution is 0.0523. The Morgan fingerprint density at radius 2 is 2.12 bits per heavy atom. The molecule has 2 rings (SSSR count). The van der Waals surface area contributed by atoms with Crippen LogP contribution >= 0.6 is 0 Å². The molecule has 2 saturated heterocycles. The SMILES string of the molecule is CCNC(CC)CN1CC2CCCN2CC1C. The molecule has 0 aliphatic carbocycles. The van der Waals surface area contributed by atoms with Gasteiger partial charge >= 0.3 is 0 Å². The number of likely N-dealkylation sites (N-methyl/N-ethyl adjacent to an activating group) is 1. The Labute approximate surface area is 107 Å². The molecule has 0 radical (unpaired) electrons. The van der Waals surface area contributed by atoms with Gasteiger partial charge in [0.25, 0.3) is 0 Å². The van der Waals surface area contributed by atoms with Crippen molar-refractivity contribution in [1.29, 1.82) is 0 Å². The minimum atomic E-state index is 0.676. The van der Waals surface area contributed by atoms with Gasteiger partial charge in [0.15, 0.2) is 0 Å². The van der Waals surface area contributed by atoms with Crippen molar-refractivity contribution >= 4 is 0 Å². The normalized spacial score (nSPS) is 32.6. The van der Waals surface area contributed by atoms with Gasteiger partial charge in [-0.3, -0.25) is 9.80 Å². The quantitative estimate of drug-likeness (QED) is 0.785. The zero-order valence-corrected chi connectivity index (χ0v) is 11.8. The van der Waals surface area contributed by atoms with E-state index in [1.54, 1.807) is 0 Å². The third-order valence-electron chi connectivity index (χ3n) is 4.51. The van der Waals surface area contributed by atoms with Crippen LogP contribution in [0.2, 0.25) is 0 Å². The van der Waals surface area contributed by atoms with Crippen LogP contribution in [-0.2, 0) is 0 Å². The van der Waals surface area contributed by atoms with Gasteiger partial charge in [-0.1, -0.05) is 13.8 Å². The molecule has 100 valence electrons. The number of rotatable bonds is 5. The van der Waals surface area contributed by atoms with Crippen molar-refractivity contribution < 1.29 is 0 Å². The lowest BCUT2D eigenvalue weighted by atomic mass is 10.1. The second-order valence-corrected chi connectivity index (χ2v) is 5.76. The summed E-state index contributed by atoms with van der Waals surface area (Å²) in [5.74, 6) is 0. The van der Waals surface area contributed by atoms with Crippen molar-refractivity contribution in [3.8, 4) is 0 Å². The predicted octanol–water partition coefficient (Wildman–Crippen LogP) is 1.54. The van der Waals surface area contributed by atoms with Crippen molar-refractivity contribution in [2.45, 2.75) is 58.2 Å². The molecule has 3 nitrogen and oxygen atoms in total. The lowest BCUT2D eigenvalue weighted by Crippen LogP contribution is -2.57. The predicted molar refractivity (Wildman–Crippen MR) is 73.4 cm³/mol.